The van der Waals surface area contributed by atoms with E-state index in [9.17, 15) is 4.79 Å². The first kappa shape index (κ1) is 13.4. The van der Waals surface area contributed by atoms with E-state index >= 15 is 0 Å². The number of carbonyl (C=O) groups is 1. The number of hydrogen-bond acceptors (Lipinski definition) is 5. The fourth-order valence-electron chi connectivity index (χ4n) is 2.17. The SMILES string of the molecule is CCOC(=O)c1cn2c(n1)c(OCC)nc1ccccc12. The predicted octanol–water partition coefficient (Wildman–Crippen LogP) is 2.46. The minimum atomic E-state index is -0.451. The van der Waals surface area contributed by atoms with Crippen LogP contribution in [0.15, 0.2) is 30.5 Å². The van der Waals surface area contributed by atoms with Gasteiger partial charge in [-0.2, -0.15) is 0 Å². The van der Waals surface area contributed by atoms with E-state index in [4.69, 9.17) is 9.47 Å². The van der Waals surface area contributed by atoms with Crippen molar-refractivity contribution in [3.8, 4) is 5.88 Å². The molecule has 0 N–H and O–H groups in total. The summed E-state index contributed by atoms with van der Waals surface area (Å²) in [5.74, 6) is -0.0421. The summed E-state index contributed by atoms with van der Waals surface area (Å²) in [5, 5.41) is 0. The molecule has 6 nitrogen and oxygen atoms in total. The third-order valence-corrected chi connectivity index (χ3v) is 3.03. The van der Waals surface area contributed by atoms with Gasteiger partial charge < -0.3 is 9.47 Å². The molecule has 0 aliphatic rings. The number of benzene rings is 1. The molecule has 3 rings (SSSR count). The molecule has 21 heavy (non-hydrogen) atoms. The molecule has 108 valence electrons. The number of aromatic nitrogens is 3. The summed E-state index contributed by atoms with van der Waals surface area (Å²) in [7, 11) is 0. The lowest BCUT2D eigenvalue weighted by atomic mass is 10.3. The molecule has 0 saturated carbocycles. The summed E-state index contributed by atoms with van der Waals surface area (Å²) in [6, 6.07) is 7.62. The molecular weight excluding hydrogens is 270 g/mol. The monoisotopic (exact) mass is 285 g/mol. The van der Waals surface area contributed by atoms with Crippen molar-refractivity contribution in [3.05, 3.63) is 36.2 Å². The lowest BCUT2D eigenvalue weighted by Gasteiger charge is -2.06. The Morgan fingerprint density at radius 1 is 1.19 bits per heavy atom. The van der Waals surface area contributed by atoms with E-state index in [1.165, 1.54) is 0 Å². The molecule has 0 radical (unpaired) electrons. The maximum atomic E-state index is 11.9. The third kappa shape index (κ3) is 2.29. The summed E-state index contributed by atoms with van der Waals surface area (Å²) in [6.45, 7) is 4.42. The molecule has 0 bridgehead atoms. The zero-order valence-corrected chi connectivity index (χ0v) is 11.9. The second-order valence-electron chi connectivity index (χ2n) is 4.38. The fourth-order valence-corrected chi connectivity index (χ4v) is 2.17. The Hall–Kier alpha value is -2.63. The summed E-state index contributed by atoms with van der Waals surface area (Å²) in [5.41, 5.74) is 2.40. The van der Waals surface area contributed by atoms with Crippen molar-refractivity contribution in [1.29, 1.82) is 0 Å². The Bertz CT molecular complexity index is 810. The van der Waals surface area contributed by atoms with Crippen molar-refractivity contribution >= 4 is 22.6 Å². The highest BCUT2D eigenvalue weighted by Crippen LogP contribution is 2.23. The molecule has 1 aromatic carbocycles. The van der Waals surface area contributed by atoms with Gasteiger partial charge >= 0.3 is 5.97 Å². The highest BCUT2D eigenvalue weighted by Gasteiger charge is 2.17. The molecule has 0 amide bonds. The second kappa shape index (κ2) is 5.40. The molecule has 0 aliphatic heterocycles. The maximum absolute atomic E-state index is 11.9. The van der Waals surface area contributed by atoms with Crippen LogP contribution in [0.4, 0.5) is 0 Å². The van der Waals surface area contributed by atoms with Crippen LogP contribution < -0.4 is 4.74 Å². The van der Waals surface area contributed by atoms with Gasteiger partial charge in [0.1, 0.15) is 0 Å². The van der Waals surface area contributed by atoms with Gasteiger partial charge in [0, 0.05) is 6.20 Å². The molecular formula is C15H15N3O3. The van der Waals surface area contributed by atoms with E-state index in [1.54, 1.807) is 17.5 Å². The summed E-state index contributed by atoms with van der Waals surface area (Å²) < 4.78 is 12.3. The van der Waals surface area contributed by atoms with Gasteiger partial charge in [-0.15, -0.1) is 0 Å². The van der Waals surface area contributed by atoms with Crippen molar-refractivity contribution in [2.45, 2.75) is 13.8 Å². The maximum Gasteiger partial charge on any atom is 0.358 e. The Balaban J connectivity index is 2.27. The number of hydrogen-bond donors (Lipinski definition) is 0. The van der Waals surface area contributed by atoms with E-state index in [0.717, 1.165) is 11.0 Å². The molecule has 2 heterocycles. The molecule has 6 heteroatoms. The highest BCUT2D eigenvalue weighted by molar-refractivity contribution is 5.89. The quantitative estimate of drug-likeness (QED) is 0.689. The smallest absolute Gasteiger partial charge is 0.358 e. The summed E-state index contributed by atoms with van der Waals surface area (Å²) in [6.07, 6.45) is 1.65. The standard InChI is InChI=1S/C15H15N3O3/c1-3-20-14-13-16-11(15(19)21-4-2)9-18(13)12-8-6-5-7-10(12)17-14/h5-9H,3-4H2,1-2H3. The van der Waals surface area contributed by atoms with E-state index in [2.05, 4.69) is 9.97 Å². The number of imidazole rings is 1. The first-order valence-corrected chi connectivity index (χ1v) is 6.82. The van der Waals surface area contributed by atoms with E-state index in [0.29, 0.717) is 24.7 Å². The lowest BCUT2D eigenvalue weighted by molar-refractivity contribution is 0.0520. The molecule has 0 unspecified atom stereocenters. The Morgan fingerprint density at radius 2 is 2.00 bits per heavy atom. The number of nitrogens with zero attached hydrogens (tertiary/aromatic N) is 3. The van der Waals surface area contributed by atoms with Crippen molar-refractivity contribution in [2.24, 2.45) is 0 Å². The van der Waals surface area contributed by atoms with Gasteiger partial charge in [-0.25, -0.2) is 14.8 Å². The molecule has 0 saturated heterocycles. The second-order valence-corrected chi connectivity index (χ2v) is 4.38. The number of ether oxygens (including phenoxy) is 2. The zero-order valence-electron chi connectivity index (χ0n) is 11.9. The first-order valence-electron chi connectivity index (χ1n) is 6.82. The van der Waals surface area contributed by atoms with Crippen LogP contribution in [0, 0.1) is 0 Å². The normalized spacial score (nSPS) is 11.0. The minimum absolute atomic E-state index is 0.246. The van der Waals surface area contributed by atoms with Crippen LogP contribution in [0.1, 0.15) is 24.3 Å². The minimum Gasteiger partial charge on any atom is -0.475 e. The van der Waals surface area contributed by atoms with Crippen molar-refractivity contribution in [1.82, 2.24) is 14.4 Å². The van der Waals surface area contributed by atoms with Crippen LogP contribution in [0.25, 0.3) is 16.7 Å². The van der Waals surface area contributed by atoms with Crippen LogP contribution in [0.5, 0.6) is 5.88 Å². The van der Waals surface area contributed by atoms with Gasteiger partial charge in [-0.05, 0) is 26.0 Å². The number of para-hydroxylation sites is 2. The fraction of sp³-hybridized carbons (Fsp3) is 0.267. The van der Waals surface area contributed by atoms with Crippen LogP contribution >= 0.6 is 0 Å². The Labute approximate surface area is 121 Å². The van der Waals surface area contributed by atoms with Crippen molar-refractivity contribution in [3.63, 3.8) is 0 Å². The van der Waals surface area contributed by atoms with Gasteiger partial charge in [0.25, 0.3) is 5.88 Å². The average molecular weight is 285 g/mol. The van der Waals surface area contributed by atoms with Gasteiger partial charge in [-0.1, -0.05) is 12.1 Å². The van der Waals surface area contributed by atoms with E-state index < -0.39 is 5.97 Å². The number of rotatable bonds is 4. The molecule has 2 aromatic heterocycles. The van der Waals surface area contributed by atoms with Gasteiger partial charge in [-0.3, -0.25) is 4.40 Å². The Morgan fingerprint density at radius 3 is 2.76 bits per heavy atom. The Kier molecular flexibility index (Phi) is 3.43. The number of carbonyl (C=O) groups excluding carboxylic acids is 1. The molecule has 0 aliphatic carbocycles. The first-order chi connectivity index (χ1) is 10.2. The van der Waals surface area contributed by atoms with Crippen molar-refractivity contribution in [2.75, 3.05) is 13.2 Å². The number of fused-ring (bicyclic) bond motifs is 3. The highest BCUT2D eigenvalue weighted by atomic mass is 16.5. The largest absolute Gasteiger partial charge is 0.475 e. The lowest BCUT2D eigenvalue weighted by Crippen LogP contribution is -2.04. The molecule has 0 fully saturated rings. The van der Waals surface area contributed by atoms with Crippen LogP contribution in [0.3, 0.4) is 0 Å². The van der Waals surface area contributed by atoms with Crippen molar-refractivity contribution < 1.29 is 14.3 Å². The zero-order chi connectivity index (χ0) is 14.8. The third-order valence-electron chi connectivity index (χ3n) is 3.03. The number of esters is 1. The molecule has 0 spiro atoms. The predicted molar refractivity (Wildman–Crippen MR) is 77.6 cm³/mol. The van der Waals surface area contributed by atoms with Gasteiger partial charge in [0.05, 0.1) is 24.2 Å². The topological polar surface area (TPSA) is 65.7 Å². The average Bonchev–Trinajstić information content (AvgIpc) is 2.94. The molecule has 3 aromatic rings. The van der Waals surface area contributed by atoms with Crippen LogP contribution in [-0.2, 0) is 4.74 Å². The van der Waals surface area contributed by atoms with Gasteiger partial charge in [0.2, 0.25) is 5.65 Å². The van der Waals surface area contributed by atoms with E-state index in [-0.39, 0.29) is 5.69 Å². The van der Waals surface area contributed by atoms with E-state index in [1.807, 2.05) is 31.2 Å². The van der Waals surface area contributed by atoms with Gasteiger partial charge in [0.15, 0.2) is 5.69 Å². The summed E-state index contributed by atoms with van der Waals surface area (Å²) in [4.78, 5) is 20.6. The summed E-state index contributed by atoms with van der Waals surface area (Å²) >= 11 is 0. The molecule has 0 atom stereocenters. The van der Waals surface area contributed by atoms with Crippen LogP contribution in [-0.4, -0.2) is 33.6 Å². The van der Waals surface area contributed by atoms with Crippen LogP contribution in [0.2, 0.25) is 0 Å².